The van der Waals surface area contributed by atoms with Crippen molar-refractivity contribution in [1.29, 1.82) is 0 Å². The molecule has 0 unspecified atom stereocenters. The highest BCUT2D eigenvalue weighted by Crippen LogP contribution is 2.30. The summed E-state index contributed by atoms with van der Waals surface area (Å²) in [5, 5.41) is 12.5. The molecule has 0 aromatic heterocycles. The average Bonchev–Trinajstić information content (AvgIpc) is 2.46. The van der Waals surface area contributed by atoms with Crippen LogP contribution >= 0.6 is 0 Å². The number of azide groups is 1. The Hall–Kier alpha value is -2.84. The number of hydrogen-bond acceptors (Lipinski definition) is 4. The highest BCUT2D eigenvalue weighted by atomic mass is 16.5. The Kier molecular flexibility index (Phi) is 5.75. The highest BCUT2D eigenvalue weighted by molar-refractivity contribution is 5.91. The lowest BCUT2D eigenvalue weighted by Crippen LogP contribution is -2.02. The van der Waals surface area contributed by atoms with E-state index < -0.39 is 5.97 Å². The van der Waals surface area contributed by atoms with E-state index in [1.165, 1.54) is 26.4 Å². The van der Waals surface area contributed by atoms with E-state index in [1.54, 1.807) is 0 Å². The molecule has 0 saturated carbocycles. The minimum absolute atomic E-state index is 0.0268. The molecule has 104 valence electrons. The molecule has 0 saturated heterocycles. The van der Waals surface area contributed by atoms with E-state index in [1.807, 2.05) is 0 Å². The maximum absolute atomic E-state index is 11.2. The van der Waals surface area contributed by atoms with Gasteiger partial charge in [0.2, 0.25) is 0 Å². The summed E-state index contributed by atoms with van der Waals surface area (Å²) in [5.41, 5.74) is 8.47. The molecule has 0 aliphatic rings. The summed E-state index contributed by atoms with van der Waals surface area (Å²) in [6, 6.07) is 2.86. The third kappa shape index (κ3) is 3.83. The number of methoxy groups -OCH3 is 2. The van der Waals surface area contributed by atoms with Crippen LogP contribution in [0.4, 0.5) is 0 Å². The standard InChI is InChI=1S/C13H13N3O4/c1-19-11-7-9(5-3-4-6-15-16-14)10(13(17)18)8-12(11)20-2/h7-8H,4,6H2,1-2H3,(H,17,18). The number of carboxylic acid groups (broad SMARTS) is 1. The molecule has 0 atom stereocenters. The third-order valence-corrected chi connectivity index (χ3v) is 2.38. The van der Waals surface area contributed by atoms with Gasteiger partial charge in [-0.1, -0.05) is 17.0 Å². The summed E-state index contributed by atoms with van der Waals surface area (Å²) in [5.74, 6) is 5.09. The number of ether oxygens (including phenoxy) is 2. The number of carboxylic acids is 1. The lowest BCUT2D eigenvalue weighted by Gasteiger charge is -2.09. The Labute approximate surface area is 115 Å². The number of aromatic carboxylic acids is 1. The molecule has 0 aliphatic carbocycles. The van der Waals surface area contributed by atoms with Crippen LogP contribution in [0.3, 0.4) is 0 Å². The summed E-state index contributed by atoms with van der Waals surface area (Å²) in [6.45, 7) is 0.235. The van der Waals surface area contributed by atoms with Crippen molar-refractivity contribution in [2.75, 3.05) is 20.8 Å². The molecule has 1 rings (SSSR count). The van der Waals surface area contributed by atoms with Crippen LogP contribution in [-0.2, 0) is 0 Å². The molecule has 0 heterocycles. The van der Waals surface area contributed by atoms with Crippen LogP contribution in [0.5, 0.6) is 11.5 Å². The second-order valence-corrected chi connectivity index (χ2v) is 3.56. The lowest BCUT2D eigenvalue weighted by molar-refractivity contribution is 0.0696. The van der Waals surface area contributed by atoms with Gasteiger partial charge in [0.25, 0.3) is 0 Å². The SMILES string of the molecule is COc1cc(C#CCCN=[N+]=[N-])c(C(=O)O)cc1OC. The van der Waals surface area contributed by atoms with Crippen molar-refractivity contribution in [3.05, 3.63) is 33.7 Å². The Balaban J connectivity index is 3.15. The molecule has 1 aromatic rings. The summed E-state index contributed by atoms with van der Waals surface area (Å²) in [4.78, 5) is 13.8. The Bertz CT molecular complexity index is 610. The second kappa shape index (κ2) is 7.56. The van der Waals surface area contributed by atoms with Crippen LogP contribution in [0.2, 0.25) is 0 Å². The van der Waals surface area contributed by atoms with Crippen LogP contribution in [0, 0.1) is 11.8 Å². The molecule has 20 heavy (non-hydrogen) atoms. The normalized spacial score (nSPS) is 8.90. The molecular weight excluding hydrogens is 262 g/mol. The zero-order valence-corrected chi connectivity index (χ0v) is 11.1. The third-order valence-electron chi connectivity index (χ3n) is 2.38. The highest BCUT2D eigenvalue weighted by Gasteiger charge is 2.14. The fourth-order valence-electron chi connectivity index (χ4n) is 1.47. The molecule has 0 aliphatic heterocycles. The molecule has 0 bridgehead atoms. The van der Waals surface area contributed by atoms with Crippen LogP contribution in [-0.4, -0.2) is 31.8 Å². The van der Waals surface area contributed by atoms with Gasteiger partial charge >= 0.3 is 5.97 Å². The van der Waals surface area contributed by atoms with Crippen molar-refractivity contribution in [1.82, 2.24) is 0 Å². The number of benzene rings is 1. The zero-order chi connectivity index (χ0) is 15.0. The number of rotatable bonds is 5. The predicted molar refractivity (Wildman–Crippen MR) is 72.0 cm³/mol. The fraction of sp³-hybridized carbons (Fsp3) is 0.308. The first kappa shape index (κ1) is 15.2. The lowest BCUT2D eigenvalue weighted by atomic mass is 10.1. The molecule has 0 amide bonds. The van der Waals surface area contributed by atoms with E-state index in [2.05, 4.69) is 21.9 Å². The predicted octanol–water partition coefficient (Wildman–Crippen LogP) is 2.45. The molecule has 0 fully saturated rings. The maximum Gasteiger partial charge on any atom is 0.337 e. The van der Waals surface area contributed by atoms with Crippen LogP contribution in [0.25, 0.3) is 10.4 Å². The van der Waals surface area contributed by atoms with Crippen molar-refractivity contribution in [3.63, 3.8) is 0 Å². The van der Waals surface area contributed by atoms with Crippen LogP contribution in [0.15, 0.2) is 17.2 Å². The molecule has 1 N–H and O–H groups in total. The van der Waals surface area contributed by atoms with Crippen molar-refractivity contribution in [2.24, 2.45) is 5.11 Å². The van der Waals surface area contributed by atoms with Gasteiger partial charge < -0.3 is 14.6 Å². The molecule has 7 nitrogen and oxygen atoms in total. The van der Waals surface area contributed by atoms with Crippen molar-refractivity contribution >= 4 is 5.97 Å². The van der Waals surface area contributed by atoms with E-state index in [0.29, 0.717) is 23.5 Å². The molecule has 7 heteroatoms. The van der Waals surface area contributed by atoms with Gasteiger partial charge in [0.1, 0.15) is 0 Å². The minimum atomic E-state index is -1.11. The molecule has 0 spiro atoms. The minimum Gasteiger partial charge on any atom is -0.493 e. The van der Waals surface area contributed by atoms with Crippen molar-refractivity contribution in [2.45, 2.75) is 6.42 Å². The van der Waals surface area contributed by atoms with Gasteiger partial charge in [-0.25, -0.2) is 4.79 Å². The van der Waals surface area contributed by atoms with Gasteiger partial charge in [-0.2, -0.15) is 0 Å². The van der Waals surface area contributed by atoms with E-state index in [4.69, 9.17) is 20.1 Å². The van der Waals surface area contributed by atoms with Gasteiger partial charge in [0, 0.05) is 29.5 Å². The first-order valence-corrected chi connectivity index (χ1v) is 5.63. The Morgan fingerprint density at radius 3 is 2.60 bits per heavy atom. The first-order chi connectivity index (χ1) is 9.63. The molecule has 1 aromatic carbocycles. The van der Waals surface area contributed by atoms with Crippen LogP contribution < -0.4 is 9.47 Å². The fourth-order valence-corrected chi connectivity index (χ4v) is 1.47. The number of carbonyl (C=O) groups is 1. The summed E-state index contributed by atoms with van der Waals surface area (Å²) in [7, 11) is 2.88. The van der Waals surface area contributed by atoms with Crippen molar-refractivity contribution in [3.8, 4) is 23.3 Å². The summed E-state index contributed by atoms with van der Waals surface area (Å²) < 4.78 is 10.2. The topological polar surface area (TPSA) is 105 Å². The first-order valence-electron chi connectivity index (χ1n) is 5.63. The summed E-state index contributed by atoms with van der Waals surface area (Å²) in [6.07, 6.45) is 0.345. The Morgan fingerprint density at radius 2 is 2.05 bits per heavy atom. The van der Waals surface area contributed by atoms with E-state index in [9.17, 15) is 4.79 Å². The van der Waals surface area contributed by atoms with Gasteiger partial charge in [-0.15, -0.1) is 0 Å². The largest absolute Gasteiger partial charge is 0.493 e. The quantitative estimate of drug-likeness (QED) is 0.293. The smallest absolute Gasteiger partial charge is 0.337 e. The van der Waals surface area contributed by atoms with E-state index in [-0.39, 0.29) is 12.1 Å². The Morgan fingerprint density at radius 1 is 1.40 bits per heavy atom. The van der Waals surface area contributed by atoms with Gasteiger partial charge in [0.15, 0.2) is 11.5 Å². The van der Waals surface area contributed by atoms with E-state index >= 15 is 0 Å². The maximum atomic E-state index is 11.2. The van der Waals surface area contributed by atoms with Gasteiger partial charge in [-0.05, 0) is 11.6 Å². The molecular formula is C13H13N3O4. The zero-order valence-electron chi connectivity index (χ0n) is 11.1. The number of nitrogens with zero attached hydrogens (tertiary/aromatic N) is 3. The van der Waals surface area contributed by atoms with Gasteiger partial charge in [0.05, 0.1) is 19.8 Å². The van der Waals surface area contributed by atoms with Crippen LogP contribution in [0.1, 0.15) is 22.3 Å². The second-order valence-electron chi connectivity index (χ2n) is 3.56. The average molecular weight is 275 g/mol. The monoisotopic (exact) mass is 275 g/mol. The van der Waals surface area contributed by atoms with Gasteiger partial charge in [-0.3, -0.25) is 0 Å². The van der Waals surface area contributed by atoms with Crippen molar-refractivity contribution < 1.29 is 19.4 Å². The van der Waals surface area contributed by atoms with E-state index in [0.717, 1.165) is 0 Å². The molecule has 0 radical (unpaired) electrons. The summed E-state index contributed by atoms with van der Waals surface area (Å²) >= 11 is 0. The number of hydrogen-bond donors (Lipinski definition) is 1.